The average Bonchev–Trinajstić information content (AvgIpc) is 3.18. The number of H-pyrrole nitrogens is 1. The zero-order valence-electron chi connectivity index (χ0n) is 11.9. The first kappa shape index (κ1) is 12.8. The number of benzene rings is 1. The molecule has 4 aromatic rings. The first-order valence-corrected chi connectivity index (χ1v) is 7.04. The number of imidazole rings is 1. The van der Waals surface area contributed by atoms with Crippen LogP contribution < -0.4 is 5.32 Å². The van der Waals surface area contributed by atoms with Gasteiger partial charge in [0.1, 0.15) is 17.4 Å². The fourth-order valence-corrected chi connectivity index (χ4v) is 2.34. The molecule has 0 unspecified atom stereocenters. The number of hydrogen-bond acceptors (Lipinski definition) is 6. The molecule has 0 radical (unpaired) electrons. The minimum atomic E-state index is 0.111. The van der Waals surface area contributed by atoms with Crippen LogP contribution in [0.25, 0.3) is 22.3 Å². The van der Waals surface area contributed by atoms with Crippen LogP contribution in [0.2, 0.25) is 0 Å². The van der Waals surface area contributed by atoms with Crippen molar-refractivity contribution in [2.45, 2.75) is 12.8 Å². The van der Waals surface area contributed by atoms with Crippen LogP contribution in [-0.4, -0.2) is 31.5 Å². The van der Waals surface area contributed by atoms with Gasteiger partial charge in [0.05, 0.1) is 12.2 Å². The second kappa shape index (κ2) is 5.10. The molecule has 110 valence electrons. The zero-order valence-corrected chi connectivity index (χ0v) is 11.9. The monoisotopic (exact) mass is 294 g/mol. The molecule has 4 rings (SSSR count). The molecule has 0 aliphatic carbocycles. The normalized spacial score (nSPS) is 12.8. The van der Waals surface area contributed by atoms with E-state index in [2.05, 4.69) is 37.2 Å². The van der Waals surface area contributed by atoms with Crippen molar-refractivity contribution in [2.24, 2.45) is 0 Å². The van der Waals surface area contributed by atoms with Gasteiger partial charge in [0, 0.05) is 6.54 Å². The molecule has 3 aromatic heterocycles. The van der Waals surface area contributed by atoms with Crippen LogP contribution >= 0.6 is 0 Å². The van der Waals surface area contributed by atoms with Gasteiger partial charge in [-0.25, -0.2) is 19.9 Å². The van der Waals surface area contributed by atoms with Gasteiger partial charge in [0.25, 0.3) is 0 Å². The van der Waals surface area contributed by atoms with Crippen molar-refractivity contribution in [1.82, 2.24) is 24.9 Å². The van der Waals surface area contributed by atoms with Crippen molar-refractivity contribution in [3.05, 3.63) is 42.8 Å². The zero-order chi connectivity index (χ0) is 14.9. The van der Waals surface area contributed by atoms with Crippen LogP contribution in [0.5, 0.6) is 0 Å². The Morgan fingerprint density at radius 1 is 1.23 bits per heavy atom. The Labute approximate surface area is 125 Å². The maximum Gasteiger partial charge on any atom is 0.200 e. The molecule has 7 nitrogen and oxygen atoms in total. The third-order valence-electron chi connectivity index (χ3n) is 3.53. The number of para-hydroxylation sites is 2. The third-order valence-corrected chi connectivity index (χ3v) is 3.53. The Morgan fingerprint density at radius 3 is 3.05 bits per heavy atom. The quantitative estimate of drug-likeness (QED) is 0.601. The maximum atomic E-state index is 5.79. The number of anilines is 1. The Bertz CT molecular complexity index is 895. The van der Waals surface area contributed by atoms with E-state index in [0.717, 1.165) is 22.4 Å². The van der Waals surface area contributed by atoms with Crippen molar-refractivity contribution in [3.63, 3.8) is 0 Å². The minimum absolute atomic E-state index is 0.111. The van der Waals surface area contributed by atoms with Crippen molar-refractivity contribution in [1.29, 1.82) is 0 Å². The van der Waals surface area contributed by atoms with Gasteiger partial charge in [-0.2, -0.15) is 0 Å². The molecule has 22 heavy (non-hydrogen) atoms. The van der Waals surface area contributed by atoms with E-state index in [1.54, 1.807) is 6.33 Å². The molecule has 7 heteroatoms. The lowest BCUT2D eigenvalue weighted by molar-refractivity contribution is 0.494. The molecule has 0 saturated carbocycles. The molecule has 0 aliphatic heterocycles. The lowest BCUT2D eigenvalue weighted by Crippen LogP contribution is -2.11. The molecule has 0 amide bonds. The molecule has 3 heterocycles. The highest BCUT2D eigenvalue weighted by atomic mass is 16.3. The third kappa shape index (κ3) is 2.16. The predicted octanol–water partition coefficient (Wildman–Crippen LogP) is 2.71. The van der Waals surface area contributed by atoms with Crippen LogP contribution in [-0.2, 0) is 0 Å². The maximum absolute atomic E-state index is 5.79. The van der Waals surface area contributed by atoms with Crippen molar-refractivity contribution < 1.29 is 4.42 Å². The first-order valence-electron chi connectivity index (χ1n) is 7.04. The topological polar surface area (TPSA) is 92.5 Å². The van der Waals surface area contributed by atoms with E-state index in [0.29, 0.717) is 18.1 Å². The highest BCUT2D eigenvalue weighted by molar-refractivity contribution is 5.81. The number of aromatic amines is 1. The van der Waals surface area contributed by atoms with Gasteiger partial charge in [-0.05, 0) is 12.1 Å². The number of nitrogens with zero attached hydrogens (tertiary/aromatic N) is 4. The fraction of sp³-hybridized carbons (Fsp3) is 0.200. The summed E-state index contributed by atoms with van der Waals surface area (Å²) in [5, 5.41) is 3.29. The standard InChI is InChI=1S/C15H14N6O/c1-9(15-21-10-4-2-3-5-11(10)22-15)6-16-13-12-14(18-7-17-12)20-8-19-13/h2-5,7-9H,6H2,1H3,(H2,16,17,18,19,20)/t9-/m0/s1. The average molecular weight is 294 g/mol. The molecular formula is C15H14N6O. The SMILES string of the molecule is C[C@@H](CNc1ncnc2nc[nH]c12)c1nc2ccccc2o1. The summed E-state index contributed by atoms with van der Waals surface area (Å²) in [6.45, 7) is 2.71. The van der Waals surface area contributed by atoms with Crippen LogP contribution in [0.4, 0.5) is 5.82 Å². The molecule has 2 N–H and O–H groups in total. The Balaban J connectivity index is 1.54. The van der Waals surface area contributed by atoms with Gasteiger partial charge in [-0.3, -0.25) is 0 Å². The summed E-state index contributed by atoms with van der Waals surface area (Å²) in [5.74, 6) is 1.55. The summed E-state index contributed by atoms with van der Waals surface area (Å²) in [5.41, 5.74) is 3.13. The van der Waals surface area contributed by atoms with E-state index in [9.17, 15) is 0 Å². The van der Waals surface area contributed by atoms with Crippen molar-refractivity contribution >= 4 is 28.1 Å². The van der Waals surface area contributed by atoms with E-state index in [1.807, 2.05) is 24.3 Å². The summed E-state index contributed by atoms with van der Waals surface area (Å²) in [7, 11) is 0. The molecular weight excluding hydrogens is 280 g/mol. The molecule has 0 aliphatic rings. The largest absolute Gasteiger partial charge is 0.440 e. The number of aromatic nitrogens is 5. The van der Waals surface area contributed by atoms with Crippen LogP contribution in [0.3, 0.4) is 0 Å². The van der Waals surface area contributed by atoms with E-state index in [-0.39, 0.29) is 5.92 Å². The second-order valence-electron chi connectivity index (χ2n) is 5.13. The number of nitrogens with one attached hydrogen (secondary N) is 2. The molecule has 0 fully saturated rings. The van der Waals surface area contributed by atoms with Gasteiger partial charge in [0.2, 0.25) is 0 Å². The molecule has 0 spiro atoms. The van der Waals surface area contributed by atoms with Crippen LogP contribution in [0.15, 0.2) is 41.3 Å². The van der Waals surface area contributed by atoms with E-state index >= 15 is 0 Å². The molecule has 0 bridgehead atoms. The second-order valence-corrected chi connectivity index (χ2v) is 5.13. The number of hydrogen-bond donors (Lipinski definition) is 2. The summed E-state index contributed by atoms with van der Waals surface area (Å²) in [4.78, 5) is 20.0. The molecule has 1 aromatic carbocycles. The van der Waals surface area contributed by atoms with Gasteiger partial charge in [-0.1, -0.05) is 19.1 Å². The molecule has 0 saturated heterocycles. The van der Waals surface area contributed by atoms with E-state index < -0.39 is 0 Å². The van der Waals surface area contributed by atoms with E-state index in [1.165, 1.54) is 6.33 Å². The van der Waals surface area contributed by atoms with Crippen molar-refractivity contribution in [3.8, 4) is 0 Å². The highest BCUT2D eigenvalue weighted by Crippen LogP contribution is 2.22. The smallest absolute Gasteiger partial charge is 0.200 e. The summed E-state index contributed by atoms with van der Waals surface area (Å²) < 4.78 is 5.79. The Kier molecular flexibility index (Phi) is 2.96. The minimum Gasteiger partial charge on any atom is -0.440 e. The van der Waals surface area contributed by atoms with Crippen LogP contribution in [0.1, 0.15) is 18.7 Å². The van der Waals surface area contributed by atoms with Gasteiger partial charge in [0.15, 0.2) is 22.9 Å². The number of rotatable bonds is 4. The number of fused-ring (bicyclic) bond motifs is 2. The lowest BCUT2D eigenvalue weighted by Gasteiger charge is -2.09. The van der Waals surface area contributed by atoms with Gasteiger partial charge in [-0.15, -0.1) is 0 Å². The first-order chi connectivity index (χ1) is 10.8. The van der Waals surface area contributed by atoms with Crippen LogP contribution in [0, 0.1) is 0 Å². The number of oxazole rings is 1. The predicted molar refractivity (Wildman–Crippen MR) is 82.6 cm³/mol. The summed E-state index contributed by atoms with van der Waals surface area (Å²) in [6, 6.07) is 7.76. The van der Waals surface area contributed by atoms with Crippen molar-refractivity contribution in [2.75, 3.05) is 11.9 Å². The summed E-state index contributed by atoms with van der Waals surface area (Å²) in [6.07, 6.45) is 3.10. The van der Waals surface area contributed by atoms with E-state index in [4.69, 9.17) is 4.42 Å². The Hall–Kier alpha value is -2.96. The molecule has 1 atom stereocenters. The van der Waals surface area contributed by atoms with Gasteiger partial charge < -0.3 is 14.7 Å². The highest BCUT2D eigenvalue weighted by Gasteiger charge is 2.14. The van der Waals surface area contributed by atoms with Gasteiger partial charge >= 0.3 is 0 Å². The fourth-order valence-electron chi connectivity index (χ4n) is 2.34. The lowest BCUT2D eigenvalue weighted by atomic mass is 10.2. The Morgan fingerprint density at radius 2 is 2.14 bits per heavy atom. The summed E-state index contributed by atoms with van der Waals surface area (Å²) >= 11 is 0.